The summed E-state index contributed by atoms with van der Waals surface area (Å²) in [7, 11) is -3.92. The maximum atomic E-state index is 12.9. The van der Waals surface area contributed by atoms with E-state index in [4.69, 9.17) is 34.3 Å². The molecule has 7 nitrogen and oxygen atoms in total. The molecule has 32 heavy (non-hydrogen) atoms. The molecule has 1 aliphatic rings. The molecule has 166 valence electrons. The molecule has 0 aromatic heterocycles. The lowest BCUT2D eigenvalue weighted by molar-refractivity contribution is -0.129. The molecule has 1 amide bonds. The number of amidine groups is 1. The van der Waals surface area contributed by atoms with Crippen molar-refractivity contribution >= 4 is 55.7 Å². The van der Waals surface area contributed by atoms with E-state index in [1.54, 1.807) is 41.3 Å². The lowest BCUT2D eigenvalue weighted by Crippen LogP contribution is -2.41. The average molecular weight is 491 g/mol. The molecule has 1 aliphatic heterocycles. The molecule has 0 spiro atoms. The molecule has 0 aliphatic carbocycles. The predicted octanol–water partition coefficient (Wildman–Crippen LogP) is 3.51. The van der Waals surface area contributed by atoms with Gasteiger partial charge in [-0.05, 0) is 53.1 Å². The molecule has 1 atom stereocenters. The zero-order chi connectivity index (χ0) is 23.0. The molecule has 0 saturated carbocycles. The van der Waals surface area contributed by atoms with Gasteiger partial charge in [-0.2, -0.15) is 4.72 Å². The van der Waals surface area contributed by atoms with Crippen LogP contribution in [-0.2, 0) is 21.4 Å². The van der Waals surface area contributed by atoms with Gasteiger partial charge in [0.2, 0.25) is 15.9 Å². The smallest absolute Gasteiger partial charge is 0.241 e. The van der Waals surface area contributed by atoms with Gasteiger partial charge in [-0.3, -0.25) is 10.2 Å². The summed E-state index contributed by atoms with van der Waals surface area (Å²) in [6, 6.07) is 14.1. The van der Waals surface area contributed by atoms with Crippen LogP contribution in [-0.4, -0.2) is 37.6 Å². The second-order valence-corrected chi connectivity index (χ2v) is 10.1. The highest BCUT2D eigenvalue weighted by Gasteiger charge is 2.35. The number of nitrogen functional groups attached to an aromatic ring is 1. The Hall–Kier alpha value is -2.65. The zero-order valence-electron chi connectivity index (χ0n) is 16.8. The monoisotopic (exact) mass is 490 g/mol. The summed E-state index contributed by atoms with van der Waals surface area (Å²) in [5.74, 6) is -0.346. The van der Waals surface area contributed by atoms with Gasteiger partial charge in [0, 0.05) is 18.7 Å². The fraction of sp³-hybridized carbons (Fsp3) is 0.182. The molecular formula is C22H20Cl2N4O3S. The first-order chi connectivity index (χ1) is 15.1. The van der Waals surface area contributed by atoms with Crippen LogP contribution in [0.2, 0.25) is 10.0 Å². The van der Waals surface area contributed by atoms with Crippen LogP contribution < -0.4 is 10.5 Å². The third-order valence-electron chi connectivity index (χ3n) is 5.37. The Bertz CT molecular complexity index is 1340. The van der Waals surface area contributed by atoms with E-state index >= 15 is 0 Å². The molecule has 3 aromatic rings. The second-order valence-electron chi connectivity index (χ2n) is 7.61. The minimum atomic E-state index is -3.92. The number of carbonyl (C=O) groups is 1. The number of amides is 1. The predicted molar refractivity (Wildman–Crippen MR) is 126 cm³/mol. The maximum absolute atomic E-state index is 12.9. The van der Waals surface area contributed by atoms with Crippen molar-refractivity contribution in [1.82, 2.24) is 9.62 Å². The van der Waals surface area contributed by atoms with Gasteiger partial charge in [0.25, 0.3) is 0 Å². The van der Waals surface area contributed by atoms with Gasteiger partial charge in [0.05, 0.1) is 14.9 Å². The maximum Gasteiger partial charge on any atom is 0.241 e. The fourth-order valence-electron chi connectivity index (χ4n) is 3.71. The highest BCUT2D eigenvalue weighted by Crippen LogP contribution is 2.29. The Kier molecular flexibility index (Phi) is 6.13. The Labute approximate surface area is 195 Å². The van der Waals surface area contributed by atoms with Crippen LogP contribution in [0, 0.1) is 5.41 Å². The first-order valence-electron chi connectivity index (χ1n) is 9.77. The van der Waals surface area contributed by atoms with Crippen molar-refractivity contribution in [3.05, 3.63) is 75.8 Å². The van der Waals surface area contributed by atoms with Gasteiger partial charge < -0.3 is 10.6 Å². The lowest BCUT2D eigenvalue weighted by Gasteiger charge is -2.18. The summed E-state index contributed by atoms with van der Waals surface area (Å²) in [6.07, 6.45) is 0.361. The minimum Gasteiger partial charge on any atom is -0.384 e. The number of fused-ring (bicyclic) bond motifs is 1. The number of nitrogens with two attached hydrogens (primary N) is 1. The third-order valence-corrected chi connectivity index (χ3v) is 7.56. The summed E-state index contributed by atoms with van der Waals surface area (Å²) in [5, 5.41) is 9.66. The molecular weight excluding hydrogens is 471 g/mol. The Morgan fingerprint density at radius 3 is 2.53 bits per heavy atom. The van der Waals surface area contributed by atoms with Crippen molar-refractivity contribution in [1.29, 1.82) is 5.41 Å². The molecule has 4 rings (SSSR count). The average Bonchev–Trinajstić information content (AvgIpc) is 3.07. The summed E-state index contributed by atoms with van der Waals surface area (Å²) >= 11 is 12.1. The van der Waals surface area contributed by atoms with E-state index < -0.39 is 16.1 Å². The molecule has 3 aromatic carbocycles. The van der Waals surface area contributed by atoms with Crippen LogP contribution in [0.5, 0.6) is 0 Å². The highest BCUT2D eigenvalue weighted by atomic mass is 35.5. The van der Waals surface area contributed by atoms with Crippen molar-refractivity contribution in [3.63, 3.8) is 0 Å². The van der Waals surface area contributed by atoms with E-state index in [0.29, 0.717) is 40.5 Å². The van der Waals surface area contributed by atoms with E-state index in [1.165, 1.54) is 12.1 Å². The zero-order valence-corrected chi connectivity index (χ0v) is 19.1. The standard InChI is InChI=1S/C22H20Cl2N4O3S/c23-18-10-14-4-5-17(9-16(14)11-19(18)24)32(30,31)27-20-6-7-28(22(20)29)12-13-2-1-3-15(8-13)21(25)26/h1-5,8-11,20,27H,6-7,12H2,(H3,25,26)/t20-/m0/s1. The second kappa shape index (κ2) is 8.71. The van der Waals surface area contributed by atoms with Crippen LogP contribution in [0.15, 0.2) is 59.5 Å². The quantitative estimate of drug-likeness (QED) is 0.362. The van der Waals surface area contributed by atoms with E-state index in [2.05, 4.69) is 4.72 Å². The van der Waals surface area contributed by atoms with E-state index in [0.717, 1.165) is 10.9 Å². The number of nitrogens with zero attached hydrogens (tertiary/aromatic N) is 1. The van der Waals surface area contributed by atoms with Gasteiger partial charge in [-0.1, -0.05) is 47.5 Å². The Morgan fingerprint density at radius 1 is 1.09 bits per heavy atom. The van der Waals surface area contributed by atoms with Crippen molar-refractivity contribution in [3.8, 4) is 0 Å². The molecule has 0 bridgehead atoms. The Balaban J connectivity index is 1.50. The number of likely N-dealkylation sites (tertiary alicyclic amines) is 1. The normalized spacial score (nSPS) is 16.6. The first kappa shape index (κ1) is 22.5. The van der Waals surface area contributed by atoms with Gasteiger partial charge in [0.1, 0.15) is 11.9 Å². The van der Waals surface area contributed by atoms with E-state index in [-0.39, 0.29) is 16.6 Å². The summed E-state index contributed by atoms with van der Waals surface area (Å²) < 4.78 is 28.4. The number of benzene rings is 3. The third kappa shape index (κ3) is 4.59. The van der Waals surface area contributed by atoms with Crippen LogP contribution >= 0.6 is 23.2 Å². The van der Waals surface area contributed by atoms with Crippen molar-refractivity contribution in [2.24, 2.45) is 5.73 Å². The molecule has 1 fully saturated rings. The van der Waals surface area contributed by atoms with Gasteiger partial charge in [-0.25, -0.2) is 8.42 Å². The molecule has 0 radical (unpaired) electrons. The number of rotatable bonds is 6. The molecule has 1 heterocycles. The number of hydrogen-bond acceptors (Lipinski definition) is 4. The Morgan fingerprint density at radius 2 is 1.81 bits per heavy atom. The summed E-state index contributed by atoms with van der Waals surface area (Å²) in [6.45, 7) is 0.732. The minimum absolute atomic E-state index is 0.0452. The van der Waals surface area contributed by atoms with Gasteiger partial charge in [0.15, 0.2) is 0 Å². The fourth-order valence-corrected chi connectivity index (χ4v) is 5.31. The summed E-state index contributed by atoms with van der Waals surface area (Å²) in [4.78, 5) is 14.5. The number of carbonyl (C=O) groups excluding carboxylic acids is 1. The molecule has 10 heteroatoms. The van der Waals surface area contributed by atoms with Crippen LogP contribution in [0.3, 0.4) is 0 Å². The number of nitrogens with one attached hydrogen (secondary N) is 2. The first-order valence-corrected chi connectivity index (χ1v) is 12.0. The van der Waals surface area contributed by atoms with Crippen LogP contribution in [0.4, 0.5) is 0 Å². The molecule has 1 saturated heterocycles. The number of hydrogen-bond donors (Lipinski definition) is 3. The highest BCUT2D eigenvalue weighted by molar-refractivity contribution is 7.89. The topological polar surface area (TPSA) is 116 Å². The lowest BCUT2D eigenvalue weighted by atomic mass is 10.1. The largest absolute Gasteiger partial charge is 0.384 e. The number of sulfonamides is 1. The van der Waals surface area contributed by atoms with Gasteiger partial charge >= 0.3 is 0 Å². The summed E-state index contributed by atoms with van der Waals surface area (Å²) in [5.41, 5.74) is 6.92. The van der Waals surface area contributed by atoms with E-state index in [9.17, 15) is 13.2 Å². The van der Waals surface area contributed by atoms with Crippen molar-refractivity contribution in [2.45, 2.75) is 23.9 Å². The number of halogens is 2. The SMILES string of the molecule is N=C(N)c1cccc(CN2CC[C@H](NS(=O)(=O)c3ccc4cc(Cl)c(Cl)cc4c3)C2=O)c1. The molecule has 4 N–H and O–H groups in total. The van der Waals surface area contributed by atoms with Crippen LogP contribution in [0.25, 0.3) is 10.8 Å². The van der Waals surface area contributed by atoms with Gasteiger partial charge in [-0.15, -0.1) is 0 Å². The van der Waals surface area contributed by atoms with Crippen LogP contribution in [0.1, 0.15) is 17.5 Å². The van der Waals surface area contributed by atoms with E-state index in [1.807, 2.05) is 6.07 Å². The van der Waals surface area contributed by atoms with Crippen molar-refractivity contribution in [2.75, 3.05) is 6.54 Å². The van der Waals surface area contributed by atoms with Crippen molar-refractivity contribution < 1.29 is 13.2 Å². The molecule has 0 unspecified atom stereocenters.